The molecule has 2 atom stereocenters. The molecule has 0 aromatic carbocycles. The highest BCUT2D eigenvalue weighted by Gasteiger charge is 2.18. The van der Waals surface area contributed by atoms with Crippen LogP contribution in [0.25, 0.3) is 0 Å². The standard InChI is InChI=1S/C18H26N4O2/c1-13(5-7-16-8-6-14(2)24-16)20-18(23)17-9-11-22(21-17)15-4-3-10-19-12-15/h6,8-9,11,13,15,19H,3-5,7,10,12H2,1-2H3,(H,20,23). The summed E-state index contributed by atoms with van der Waals surface area (Å²) in [5, 5.41) is 10.8. The normalized spacial score (nSPS) is 19.2. The Kier molecular flexibility index (Phi) is 5.35. The Hall–Kier alpha value is -2.08. The first-order valence-electron chi connectivity index (χ1n) is 8.74. The molecule has 1 saturated heterocycles. The van der Waals surface area contributed by atoms with Gasteiger partial charge >= 0.3 is 0 Å². The molecule has 2 unspecified atom stereocenters. The van der Waals surface area contributed by atoms with E-state index in [1.165, 1.54) is 0 Å². The first-order valence-corrected chi connectivity index (χ1v) is 8.74. The van der Waals surface area contributed by atoms with Crippen LogP contribution in [0.4, 0.5) is 0 Å². The van der Waals surface area contributed by atoms with Crippen molar-refractivity contribution < 1.29 is 9.21 Å². The number of nitrogens with one attached hydrogen (secondary N) is 2. The number of nitrogens with zero attached hydrogens (tertiary/aromatic N) is 2. The van der Waals surface area contributed by atoms with Crippen molar-refractivity contribution in [2.45, 2.75) is 51.6 Å². The van der Waals surface area contributed by atoms with Gasteiger partial charge in [-0.3, -0.25) is 9.48 Å². The molecule has 0 saturated carbocycles. The summed E-state index contributed by atoms with van der Waals surface area (Å²) < 4.78 is 7.47. The first-order chi connectivity index (χ1) is 11.6. The van der Waals surface area contributed by atoms with E-state index in [1.807, 2.05) is 36.9 Å². The molecule has 0 radical (unpaired) electrons. The SMILES string of the molecule is Cc1ccc(CCC(C)NC(=O)c2ccn(C3CCCNC3)n2)o1. The largest absolute Gasteiger partial charge is 0.466 e. The molecule has 3 rings (SSSR count). The van der Waals surface area contributed by atoms with Crippen molar-refractivity contribution in [2.24, 2.45) is 0 Å². The molecule has 1 fully saturated rings. The summed E-state index contributed by atoms with van der Waals surface area (Å²) in [6.07, 6.45) is 5.82. The van der Waals surface area contributed by atoms with E-state index in [1.54, 1.807) is 6.07 Å². The zero-order valence-electron chi connectivity index (χ0n) is 14.4. The van der Waals surface area contributed by atoms with Crippen molar-refractivity contribution in [3.8, 4) is 0 Å². The van der Waals surface area contributed by atoms with E-state index >= 15 is 0 Å². The molecule has 1 aliphatic rings. The van der Waals surface area contributed by atoms with E-state index in [2.05, 4.69) is 15.7 Å². The second kappa shape index (κ2) is 7.66. The summed E-state index contributed by atoms with van der Waals surface area (Å²) in [6.45, 7) is 5.93. The number of carbonyl (C=O) groups is 1. The number of piperidine rings is 1. The minimum absolute atomic E-state index is 0.0735. The number of rotatable bonds is 6. The van der Waals surface area contributed by atoms with E-state index in [9.17, 15) is 4.79 Å². The number of furan rings is 1. The van der Waals surface area contributed by atoms with E-state index < -0.39 is 0 Å². The lowest BCUT2D eigenvalue weighted by molar-refractivity contribution is 0.0931. The zero-order valence-corrected chi connectivity index (χ0v) is 14.4. The Bertz CT molecular complexity index is 670. The second-order valence-corrected chi connectivity index (χ2v) is 6.61. The molecule has 24 heavy (non-hydrogen) atoms. The van der Waals surface area contributed by atoms with Crippen molar-refractivity contribution in [3.63, 3.8) is 0 Å². The molecular formula is C18H26N4O2. The van der Waals surface area contributed by atoms with Crippen LogP contribution < -0.4 is 10.6 Å². The lowest BCUT2D eigenvalue weighted by Crippen LogP contribution is -2.34. The van der Waals surface area contributed by atoms with Gasteiger partial charge in [0.2, 0.25) is 0 Å². The predicted octanol–water partition coefficient (Wildman–Crippen LogP) is 2.46. The van der Waals surface area contributed by atoms with Crippen LogP contribution in [-0.2, 0) is 6.42 Å². The Morgan fingerprint density at radius 3 is 3.08 bits per heavy atom. The molecule has 130 valence electrons. The van der Waals surface area contributed by atoms with Crippen molar-refractivity contribution in [2.75, 3.05) is 13.1 Å². The Labute approximate surface area is 142 Å². The Morgan fingerprint density at radius 1 is 1.50 bits per heavy atom. The van der Waals surface area contributed by atoms with Gasteiger partial charge in [-0.1, -0.05) is 0 Å². The lowest BCUT2D eigenvalue weighted by atomic mass is 10.1. The number of aromatic nitrogens is 2. The molecule has 2 aromatic rings. The van der Waals surface area contributed by atoms with Gasteiger partial charge in [0.15, 0.2) is 0 Å². The van der Waals surface area contributed by atoms with Gasteiger partial charge in [-0.25, -0.2) is 0 Å². The lowest BCUT2D eigenvalue weighted by Gasteiger charge is -2.22. The maximum Gasteiger partial charge on any atom is 0.271 e. The van der Waals surface area contributed by atoms with Crippen LogP contribution in [0.1, 0.15) is 54.2 Å². The summed E-state index contributed by atoms with van der Waals surface area (Å²) in [7, 11) is 0. The van der Waals surface area contributed by atoms with Gasteiger partial charge in [-0.2, -0.15) is 5.10 Å². The van der Waals surface area contributed by atoms with E-state index in [-0.39, 0.29) is 11.9 Å². The highest BCUT2D eigenvalue weighted by Crippen LogP contribution is 2.16. The van der Waals surface area contributed by atoms with Crippen LogP contribution in [0, 0.1) is 6.92 Å². The predicted molar refractivity (Wildman–Crippen MR) is 92.1 cm³/mol. The summed E-state index contributed by atoms with van der Waals surface area (Å²) in [4.78, 5) is 12.3. The molecule has 0 bridgehead atoms. The van der Waals surface area contributed by atoms with Gasteiger partial charge < -0.3 is 15.1 Å². The van der Waals surface area contributed by atoms with Crippen LogP contribution in [-0.4, -0.2) is 34.8 Å². The Morgan fingerprint density at radius 2 is 2.38 bits per heavy atom. The first kappa shape index (κ1) is 16.8. The third-order valence-corrected chi connectivity index (χ3v) is 4.48. The topological polar surface area (TPSA) is 72.1 Å². The number of hydrogen-bond donors (Lipinski definition) is 2. The number of amides is 1. The van der Waals surface area contributed by atoms with Gasteiger partial charge in [-0.05, 0) is 57.9 Å². The minimum Gasteiger partial charge on any atom is -0.466 e. The summed E-state index contributed by atoms with van der Waals surface area (Å²) in [5.41, 5.74) is 0.487. The minimum atomic E-state index is -0.111. The van der Waals surface area contributed by atoms with E-state index in [0.717, 1.165) is 50.3 Å². The Balaban J connectivity index is 1.49. The van der Waals surface area contributed by atoms with Crippen LogP contribution in [0.15, 0.2) is 28.8 Å². The van der Waals surface area contributed by atoms with E-state index in [4.69, 9.17) is 4.42 Å². The van der Waals surface area contributed by atoms with Gasteiger partial charge in [0.25, 0.3) is 5.91 Å². The second-order valence-electron chi connectivity index (χ2n) is 6.61. The molecule has 6 heteroatoms. The molecule has 2 aromatic heterocycles. The summed E-state index contributed by atoms with van der Waals surface area (Å²) >= 11 is 0. The fourth-order valence-electron chi connectivity index (χ4n) is 3.07. The molecule has 1 amide bonds. The van der Waals surface area contributed by atoms with Crippen molar-refractivity contribution in [1.29, 1.82) is 0 Å². The maximum atomic E-state index is 12.3. The van der Waals surface area contributed by atoms with Crippen molar-refractivity contribution in [3.05, 3.63) is 41.6 Å². The number of aryl methyl sites for hydroxylation is 2. The van der Waals surface area contributed by atoms with Crippen LogP contribution in [0.3, 0.4) is 0 Å². The summed E-state index contributed by atoms with van der Waals surface area (Å²) in [5.74, 6) is 1.77. The highest BCUT2D eigenvalue weighted by molar-refractivity contribution is 5.92. The van der Waals surface area contributed by atoms with Crippen molar-refractivity contribution in [1.82, 2.24) is 20.4 Å². The average Bonchev–Trinajstić information content (AvgIpc) is 3.23. The van der Waals surface area contributed by atoms with Gasteiger partial charge in [0, 0.05) is 25.2 Å². The highest BCUT2D eigenvalue weighted by atomic mass is 16.3. The zero-order chi connectivity index (χ0) is 16.9. The molecule has 3 heterocycles. The van der Waals surface area contributed by atoms with Crippen LogP contribution in [0.2, 0.25) is 0 Å². The smallest absolute Gasteiger partial charge is 0.271 e. The van der Waals surface area contributed by atoms with Gasteiger partial charge in [0.05, 0.1) is 6.04 Å². The van der Waals surface area contributed by atoms with Gasteiger partial charge in [-0.15, -0.1) is 0 Å². The molecule has 6 nitrogen and oxygen atoms in total. The molecule has 0 aliphatic carbocycles. The van der Waals surface area contributed by atoms with Gasteiger partial charge in [0.1, 0.15) is 17.2 Å². The van der Waals surface area contributed by atoms with Crippen LogP contribution in [0.5, 0.6) is 0 Å². The fourth-order valence-corrected chi connectivity index (χ4v) is 3.07. The van der Waals surface area contributed by atoms with Crippen molar-refractivity contribution >= 4 is 5.91 Å². The quantitative estimate of drug-likeness (QED) is 0.853. The fraction of sp³-hybridized carbons (Fsp3) is 0.556. The maximum absolute atomic E-state index is 12.3. The molecule has 0 spiro atoms. The summed E-state index contributed by atoms with van der Waals surface area (Å²) in [6, 6.07) is 6.17. The monoisotopic (exact) mass is 330 g/mol. The van der Waals surface area contributed by atoms with E-state index in [0.29, 0.717) is 11.7 Å². The third kappa shape index (κ3) is 4.26. The average molecular weight is 330 g/mol. The molecule has 2 N–H and O–H groups in total. The number of hydrogen-bond acceptors (Lipinski definition) is 4. The molecule has 1 aliphatic heterocycles. The van der Waals surface area contributed by atoms with Crippen LogP contribution >= 0.6 is 0 Å². The third-order valence-electron chi connectivity index (χ3n) is 4.48. The molecular weight excluding hydrogens is 304 g/mol. The number of carbonyl (C=O) groups excluding carboxylic acids is 1.